The van der Waals surface area contributed by atoms with Crippen LogP contribution in [0.1, 0.15) is 22.0 Å². The lowest BCUT2D eigenvalue weighted by Gasteiger charge is -2.34. The van der Waals surface area contributed by atoms with Crippen LogP contribution in [0.25, 0.3) is 17.2 Å². The highest BCUT2D eigenvalue weighted by Crippen LogP contribution is 2.36. The van der Waals surface area contributed by atoms with Gasteiger partial charge in [-0.1, -0.05) is 11.6 Å². The third-order valence-corrected chi connectivity index (χ3v) is 6.22. The molecular formula is C21H14ClF6N8O6P-2. The number of nitrogens with zero attached hydrogens (tertiary/aromatic N) is 7. The van der Waals surface area contributed by atoms with Gasteiger partial charge in [0.15, 0.2) is 23.6 Å². The van der Waals surface area contributed by atoms with Crippen LogP contribution in [-0.4, -0.2) is 52.3 Å². The molecule has 0 bridgehead atoms. The van der Waals surface area contributed by atoms with E-state index < -0.39 is 79.8 Å². The van der Waals surface area contributed by atoms with E-state index in [0.717, 1.165) is 12.3 Å². The van der Waals surface area contributed by atoms with E-state index in [2.05, 4.69) is 24.7 Å². The average Bonchev–Trinajstić information content (AvgIpc) is 3.44. The second kappa shape index (κ2) is 11.5. The molecule has 0 aliphatic carbocycles. The topological polar surface area (TPSA) is 199 Å². The number of benzene rings is 1. The molecule has 0 saturated carbocycles. The minimum Gasteiger partial charge on any atom is -0.790 e. The van der Waals surface area contributed by atoms with Crippen molar-refractivity contribution >= 4 is 25.3 Å². The number of amides is 1. The van der Waals surface area contributed by atoms with Crippen LogP contribution in [0.15, 0.2) is 47.4 Å². The molecule has 0 fully saturated rings. The van der Waals surface area contributed by atoms with Gasteiger partial charge in [-0.3, -0.25) is 9.36 Å². The largest absolute Gasteiger partial charge is 0.790 e. The van der Waals surface area contributed by atoms with Gasteiger partial charge in [0.2, 0.25) is 5.82 Å². The first-order chi connectivity index (χ1) is 19.8. The van der Waals surface area contributed by atoms with Crippen LogP contribution in [-0.2, 0) is 28.4 Å². The molecule has 43 heavy (non-hydrogen) atoms. The second-order valence-electron chi connectivity index (χ2n) is 8.46. The minimum atomic E-state index is -6.20. The summed E-state index contributed by atoms with van der Waals surface area (Å²) in [5.74, 6) is -4.12. The van der Waals surface area contributed by atoms with Gasteiger partial charge in [0, 0.05) is 16.8 Å². The molecule has 22 heteroatoms. The third kappa shape index (κ3) is 7.28. The Kier molecular flexibility index (Phi) is 8.53. The van der Waals surface area contributed by atoms with Crippen molar-refractivity contribution < 1.29 is 50.0 Å². The average molecular weight is 655 g/mol. The van der Waals surface area contributed by atoms with Crippen molar-refractivity contribution in [1.29, 1.82) is 0 Å². The molecule has 4 aromatic rings. The standard InChI is InChI=1S/C21H16ClF6N8O6P/c22-11-5-3-10(4-6-11)16-33-35(19(38)34(16)8-13(21(26,27)28)42-43(39,40)41)9-14-31-18(15(29)37)36(32-14)17-12(20(23,24)25)2-1-7-30-17/h1-7,13H,8-9H2,(H2,29,37)(H2,39,40,41)/p-2/t13-/m0/s1. The number of phosphoric ester groups is 1. The van der Waals surface area contributed by atoms with Crippen LogP contribution in [0, 0.1) is 0 Å². The van der Waals surface area contributed by atoms with Gasteiger partial charge < -0.3 is 24.6 Å². The first-order valence-electron chi connectivity index (χ1n) is 11.3. The van der Waals surface area contributed by atoms with E-state index in [1.165, 1.54) is 24.3 Å². The molecule has 0 spiro atoms. The lowest BCUT2D eigenvalue weighted by atomic mass is 10.2. The normalized spacial score (nSPS) is 13.3. The summed E-state index contributed by atoms with van der Waals surface area (Å²) in [5, 5.41) is 7.89. The number of nitrogens with two attached hydrogens (primary N) is 1. The van der Waals surface area contributed by atoms with E-state index in [-0.39, 0.29) is 10.6 Å². The van der Waals surface area contributed by atoms with Crippen LogP contribution in [0.4, 0.5) is 26.3 Å². The molecule has 3 heterocycles. The van der Waals surface area contributed by atoms with Crippen LogP contribution in [0.5, 0.6) is 0 Å². The summed E-state index contributed by atoms with van der Waals surface area (Å²) in [6, 6.07) is 6.69. The number of alkyl halides is 6. The Balaban J connectivity index is 1.83. The fourth-order valence-electron chi connectivity index (χ4n) is 3.69. The number of rotatable bonds is 9. The van der Waals surface area contributed by atoms with Gasteiger partial charge in [0.1, 0.15) is 12.1 Å². The molecule has 0 unspecified atom stereocenters. The van der Waals surface area contributed by atoms with Gasteiger partial charge in [0.25, 0.3) is 5.91 Å². The Hall–Kier alpha value is -4.10. The fourth-order valence-corrected chi connectivity index (χ4v) is 4.31. The van der Waals surface area contributed by atoms with E-state index in [9.17, 15) is 50.3 Å². The van der Waals surface area contributed by atoms with E-state index in [1.54, 1.807) is 0 Å². The molecule has 0 aliphatic rings. The zero-order chi connectivity index (χ0) is 31.9. The van der Waals surface area contributed by atoms with E-state index in [1.807, 2.05) is 0 Å². The van der Waals surface area contributed by atoms with Crippen molar-refractivity contribution in [1.82, 2.24) is 34.1 Å². The van der Waals surface area contributed by atoms with Crippen molar-refractivity contribution in [3.63, 3.8) is 0 Å². The predicted octanol–water partition coefficient (Wildman–Crippen LogP) is 1.28. The molecule has 1 amide bonds. The molecule has 1 atom stereocenters. The van der Waals surface area contributed by atoms with Crippen molar-refractivity contribution in [3.05, 3.63) is 75.3 Å². The van der Waals surface area contributed by atoms with Gasteiger partial charge >= 0.3 is 18.0 Å². The van der Waals surface area contributed by atoms with Crippen molar-refractivity contribution in [2.24, 2.45) is 5.73 Å². The number of primary amides is 1. The Morgan fingerprint density at radius 2 is 1.74 bits per heavy atom. The van der Waals surface area contributed by atoms with Crippen molar-refractivity contribution in [3.8, 4) is 17.2 Å². The first-order valence-corrected chi connectivity index (χ1v) is 13.2. The molecule has 0 aliphatic heterocycles. The maximum absolute atomic E-state index is 13.6. The molecule has 4 rings (SSSR count). The summed E-state index contributed by atoms with van der Waals surface area (Å²) >= 11 is 5.84. The highest BCUT2D eigenvalue weighted by Gasteiger charge is 2.43. The number of pyridine rings is 1. The van der Waals surface area contributed by atoms with Gasteiger partial charge in [-0.2, -0.15) is 31.0 Å². The quantitative estimate of drug-likeness (QED) is 0.203. The fraction of sp³-hybridized carbons (Fsp3) is 0.238. The van der Waals surface area contributed by atoms with E-state index in [0.29, 0.717) is 20.0 Å². The zero-order valence-electron chi connectivity index (χ0n) is 20.8. The molecule has 0 saturated heterocycles. The molecule has 3 aromatic heterocycles. The predicted molar refractivity (Wildman–Crippen MR) is 127 cm³/mol. The summed E-state index contributed by atoms with van der Waals surface area (Å²) in [4.78, 5) is 54.5. The highest BCUT2D eigenvalue weighted by atomic mass is 35.5. The highest BCUT2D eigenvalue weighted by molar-refractivity contribution is 7.43. The van der Waals surface area contributed by atoms with Crippen molar-refractivity contribution in [2.75, 3.05) is 0 Å². The summed E-state index contributed by atoms with van der Waals surface area (Å²) in [5.41, 5.74) is 2.57. The monoisotopic (exact) mass is 654 g/mol. The molecule has 14 nitrogen and oxygen atoms in total. The number of carbonyl (C=O) groups excluding carboxylic acids is 1. The molecule has 1 aromatic carbocycles. The maximum atomic E-state index is 13.6. The number of halogens is 7. The van der Waals surface area contributed by atoms with Crippen LogP contribution in [0.3, 0.4) is 0 Å². The number of hydrogen-bond donors (Lipinski definition) is 1. The Morgan fingerprint density at radius 3 is 2.30 bits per heavy atom. The number of carbonyl (C=O) groups is 1. The number of aromatic nitrogens is 7. The van der Waals surface area contributed by atoms with Crippen LogP contribution < -0.4 is 21.2 Å². The van der Waals surface area contributed by atoms with E-state index in [4.69, 9.17) is 17.3 Å². The molecule has 0 radical (unpaired) electrons. The number of hydrogen-bond acceptors (Lipinski definition) is 10. The SMILES string of the molecule is NC(=O)c1nc(Cn2nc(-c3ccc(Cl)cc3)n(C[C@H](OP(=O)([O-])[O-])C(F)(F)F)c2=O)nn1-c1ncccc1C(F)(F)F. The minimum absolute atomic E-state index is 0.00628. The van der Waals surface area contributed by atoms with Gasteiger partial charge in [-0.25, -0.2) is 19.4 Å². The molecule has 2 N–H and O–H groups in total. The Labute approximate surface area is 239 Å². The lowest BCUT2D eigenvalue weighted by Crippen LogP contribution is -2.40. The van der Waals surface area contributed by atoms with Crippen LogP contribution in [0.2, 0.25) is 5.02 Å². The zero-order valence-corrected chi connectivity index (χ0v) is 22.4. The third-order valence-electron chi connectivity index (χ3n) is 5.45. The maximum Gasteiger partial charge on any atom is 0.420 e. The Morgan fingerprint density at radius 1 is 1.09 bits per heavy atom. The smallest absolute Gasteiger partial charge is 0.420 e. The van der Waals surface area contributed by atoms with Gasteiger partial charge in [-0.15, -0.1) is 10.2 Å². The lowest BCUT2D eigenvalue weighted by molar-refractivity contribution is -0.354. The first kappa shape index (κ1) is 31.8. The molecular weight excluding hydrogens is 641 g/mol. The van der Waals surface area contributed by atoms with Crippen LogP contribution >= 0.6 is 19.4 Å². The summed E-state index contributed by atoms with van der Waals surface area (Å²) < 4.78 is 97.2. The van der Waals surface area contributed by atoms with Gasteiger partial charge in [-0.05, 0) is 36.4 Å². The summed E-state index contributed by atoms with van der Waals surface area (Å²) in [6.45, 7) is -2.40. The molecule has 230 valence electrons. The number of phosphoric acid groups is 1. The summed E-state index contributed by atoms with van der Waals surface area (Å²) in [6.07, 6.45) is -12.7. The second-order valence-corrected chi connectivity index (χ2v) is 10.0. The van der Waals surface area contributed by atoms with Gasteiger partial charge in [0.05, 0.1) is 14.4 Å². The Bertz CT molecular complexity index is 1770. The summed E-state index contributed by atoms with van der Waals surface area (Å²) in [7, 11) is -6.20. The van der Waals surface area contributed by atoms with E-state index >= 15 is 0 Å². The van der Waals surface area contributed by atoms with Crippen molar-refractivity contribution in [2.45, 2.75) is 31.5 Å².